The fraction of sp³-hybridized carbons (Fsp3) is 0.350. The molecule has 0 bridgehead atoms. The molecule has 0 spiro atoms. The van der Waals surface area contributed by atoms with Crippen molar-refractivity contribution in [2.24, 2.45) is 0 Å². The Kier molecular flexibility index (Phi) is 4.67. The Labute approximate surface area is 160 Å². The summed E-state index contributed by atoms with van der Waals surface area (Å²) in [5.74, 6) is 0.644. The Bertz CT molecular complexity index is 1030. The zero-order valence-electron chi connectivity index (χ0n) is 14.9. The molecule has 2 aromatic heterocycles. The van der Waals surface area contributed by atoms with E-state index < -0.39 is 11.7 Å². The lowest BCUT2D eigenvalue weighted by Crippen LogP contribution is -2.27. The number of imidazole rings is 1. The molecule has 3 aromatic rings. The van der Waals surface area contributed by atoms with Gasteiger partial charge in [0.1, 0.15) is 5.82 Å². The van der Waals surface area contributed by atoms with E-state index in [9.17, 15) is 13.2 Å². The van der Waals surface area contributed by atoms with Gasteiger partial charge in [-0.1, -0.05) is 12.1 Å². The van der Waals surface area contributed by atoms with E-state index in [2.05, 4.69) is 20.2 Å². The molecule has 0 atom stereocenters. The summed E-state index contributed by atoms with van der Waals surface area (Å²) >= 11 is 0. The molecule has 0 aliphatic heterocycles. The third-order valence-corrected chi connectivity index (χ3v) is 5.08. The van der Waals surface area contributed by atoms with Crippen LogP contribution in [-0.4, -0.2) is 26.7 Å². The van der Waals surface area contributed by atoms with Crippen LogP contribution in [0.5, 0.6) is 0 Å². The number of hydrogen-bond acceptors (Lipinski definition) is 3. The zero-order chi connectivity index (χ0) is 19.7. The summed E-state index contributed by atoms with van der Waals surface area (Å²) in [6.45, 7) is 7.13. The minimum Gasteiger partial charge on any atom is -0.366 e. The number of nitrogens with zero attached hydrogens (tertiary/aromatic N) is 4. The van der Waals surface area contributed by atoms with Gasteiger partial charge in [-0.05, 0) is 37.1 Å². The van der Waals surface area contributed by atoms with Crippen molar-refractivity contribution in [3.63, 3.8) is 0 Å². The van der Waals surface area contributed by atoms with Gasteiger partial charge >= 0.3 is 6.18 Å². The lowest BCUT2D eigenvalue weighted by molar-refractivity contribution is -0.137. The van der Waals surface area contributed by atoms with Crippen LogP contribution in [0.4, 0.5) is 19.0 Å². The van der Waals surface area contributed by atoms with Gasteiger partial charge < -0.3 is 10.2 Å². The Balaban J connectivity index is 1.61. The maximum absolute atomic E-state index is 13.0. The van der Waals surface area contributed by atoms with E-state index >= 15 is 0 Å². The van der Waals surface area contributed by atoms with Crippen LogP contribution in [0.1, 0.15) is 31.2 Å². The maximum atomic E-state index is 13.0. The van der Waals surface area contributed by atoms with Gasteiger partial charge in [-0.25, -0.2) is 16.1 Å². The smallest absolute Gasteiger partial charge is 0.366 e. The average molecular weight is 385 g/mol. The molecular weight excluding hydrogens is 367 g/mol. The molecule has 0 radical (unpaired) electrons. The minimum atomic E-state index is -4.40. The van der Waals surface area contributed by atoms with Gasteiger partial charge in [-0.15, -0.1) is 5.10 Å². The minimum absolute atomic E-state index is 0.106. The highest BCUT2D eigenvalue weighted by Crippen LogP contribution is 2.32. The highest BCUT2D eigenvalue weighted by Gasteiger charge is 2.30. The van der Waals surface area contributed by atoms with Gasteiger partial charge in [0.25, 0.3) is 0 Å². The van der Waals surface area contributed by atoms with Crippen LogP contribution in [0.3, 0.4) is 0 Å². The van der Waals surface area contributed by atoms with E-state index in [0.29, 0.717) is 22.7 Å². The Morgan fingerprint density at radius 2 is 1.89 bits per heavy atom. The summed E-state index contributed by atoms with van der Waals surface area (Å²) in [5, 5.41) is 7.92. The number of rotatable bonds is 3. The van der Waals surface area contributed by atoms with Crippen LogP contribution in [0.2, 0.25) is 0 Å². The van der Waals surface area contributed by atoms with Gasteiger partial charge in [0.2, 0.25) is 6.04 Å². The molecule has 1 fully saturated rings. The van der Waals surface area contributed by atoms with Crippen LogP contribution in [0, 0.1) is 6.57 Å². The van der Waals surface area contributed by atoms with Gasteiger partial charge in [-0.2, -0.15) is 13.2 Å². The molecule has 1 aliphatic carbocycles. The number of halogens is 3. The van der Waals surface area contributed by atoms with Crippen LogP contribution < -0.4 is 5.32 Å². The van der Waals surface area contributed by atoms with Gasteiger partial charge in [-0.3, -0.25) is 0 Å². The van der Waals surface area contributed by atoms with Crippen LogP contribution in [-0.2, 0) is 6.18 Å². The normalized spacial score (nSPS) is 20.1. The molecule has 1 saturated carbocycles. The zero-order valence-corrected chi connectivity index (χ0v) is 14.9. The lowest BCUT2D eigenvalue weighted by atomic mass is 9.92. The number of alkyl halides is 3. The highest BCUT2D eigenvalue weighted by atomic mass is 19.4. The first-order valence-electron chi connectivity index (χ1n) is 9.09. The van der Waals surface area contributed by atoms with Crippen LogP contribution >= 0.6 is 0 Å². The second kappa shape index (κ2) is 7.15. The Morgan fingerprint density at radius 1 is 1.11 bits per heavy atom. The van der Waals surface area contributed by atoms with Crippen LogP contribution in [0.15, 0.2) is 42.6 Å². The summed E-state index contributed by atoms with van der Waals surface area (Å²) < 4.78 is 40.7. The van der Waals surface area contributed by atoms with Crippen molar-refractivity contribution < 1.29 is 13.2 Å². The van der Waals surface area contributed by atoms with Crippen molar-refractivity contribution in [2.45, 2.75) is 43.9 Å². The van der Waals surface area contributed by atoms with E-state index in [4.69, 9.17) is 6.57 Å². The summed E-state index contributed by atoms with van der Waals surface area (Å²) in [5.41, 5.74) is 0.770. The second-order valence-corrected chi connectivity index (χ2v) is 6.99. The van der Waals surface area contributed by atoms with Crippen molar-refractivity contribution in [2.75, 3.05) is 5.32 Å². The molecule has 2 heterocycles. The first-order valence-corrected chi connectivity index (χ1v) is 9.09. The van der Waals surface area contributed by atoms with Crippen LogP contribution in [0.25, 0.3) is 21.7 Å². The molecule has 8 heteroatoms. The summed E-state index contributed by atoms with van der Waals surface area (Å²) in [7, 11) is 0. The van der Waals surface area contributed by atoms with Gasteiger partial charge in [0.15, 0.2) is 5.65 Å². The first-order chi connectivity index (χ1) is 13.4. The molecule has 5 nitrogen and oxygen atoms in total. The second-order valence-electron chi connectivity index (χ2n) is 6.99. The molecule has 4 rings (SSSR count). The highest BCUT2D eigenvalue weighted by molar-refractivity contribution is 5.64. The largest absolute Gasteiger partial charge is 0.416 e. The Morgan fingerprint density at radius 3 is 2.61 bits per heavy atom. The number of anilines is 1. The van der Waals surface area contributed by atoms with Gasteiger partial charge in [0, 0.05) is 24.4 Å². The van der Waals surface area contributed by atoms with Gasteiger partial charge in [0.05, 0.1) is 17.5 Å². The van der Waals surface area contributed by atoms with E-state index in [1.54, 1.807) is 16.6 Å². The topological polar surface area (TPSA) is 46.6 Å². The lowest BCUT2D eigenvalue weighted by Gasteiger charge is -2.24. The molecular formula is C20H18F3N5. The number of aromatic nitrogens is 3. The predicted octanol–water partition coefficient (Wildman–Crippen LogP) is 5.06. The standard InChI is InChI=1S/C20H18F3N5/c1-24-15-5-7-16(8-6-15)26-18-9-10-19-25-12-17(28(19)27-18)13-3-2-4-14(11-13)20(21,22)23/h2-4,9-12,15-16H,5-8H2,(H,26,27). The van der Waals surface area contributed by atoms with E-state index in [1.165, 1.54) is 12.3 Å². The third kappa shape index (κ3) is 3.65. The van der Waals surface area contributed by atoms with E-state index in [1.807, 2.05) is 6.07 Å². The van der Waals surface area contributed by atoms with E-state index in [-0.39, 0.29) is 12.1 Å². The Hall–Kier alpha value is -3.08. The summed E-state index contributed by atoms with van der Waals surface area (Å²) in [4.78, 5) is 7.86. The average Bonchev–Trinajstić information content (AvgIpc) is 3.11. The quantitative estimate of drug-likeness (QED) is 0.641. The van der Waals surface area contributed by atoms with Crippen molar-refractivity contribution in [3.8, 4) is 11.3 Å². The van der Waals surface area contributed by atoms with Crippen molar-refractivity contribution in [1.82, 2.24) is 14.6 Å². The monoisotopic (exact) mass is 385 g/mol. The predicted molar refractivity (Wildman–Crippen MR) is 99.7 cm³/mol. The fourth-order valence-electron chi connectivity index (χ4n) is 3.56. The number of nitrogens with one attached hydrogen (secondary N) is 1. The van der Waals surface area contributed by atoms with Crippen molar-refractivity contribution in [1.29, 1.82) is 0 Å². The number of benzene rings is 1. The van der Waals surface area contributed by atoms with Crippen molar-refractivity contribution >= 4 is 11.5 Å². The molecule has 0 saturated heterocycles. The molecule has 0 unspecified atom stereocenters. The molecule has 0 amide bonds. The number of fused-ring (bicyclic) bond motifs is 1. The van der Waals surface area contributed by atoms with Crippen molar-refractivity contribution in [3.05, 3.63) is 59.6 Å². The molecule has 1 N–H and O–H groups in total. The first kappa shape index (κ1) is 18.3. The molecule has 144 valence electrons. The molecule has 1 aliphatic rings. The number of hydrogen-bond donors (Lipinski definition) is 1. The summed E-state index contributed by atoms with van der Waals surface area (Å²) in [6.07, 6.45) is 0.658. The fourth-order valence-corrected chi connectivity index (χ4v) is 3.56. The third-order valence-electron chi connectivity index (χ3n) is 5.08. The summed E-state index contributed by atoms with van der Waals surface area (Å²) in [6, 6.07) is 9.11. The maximum Gasteiger partial charge on any atom is 0.416 e. The molecule has 1 aromatic carbocycles. The molecule has 28 heavy (non-hydrogen) atoms. The SMILES string of the molecule is [C-]#[N+]C1CCC(Nc2ccc3ncc(-c4cccc(C(F)(F)F)c4)n3n2)CC1. The van der Waals surface area contributed by atoms with E-state index in [0.717, 1.165) is 37.8 Å².